The summed E-state index contributed by atoms with van der Waals surface area (Å²) in [5.41, 5.74) is 3.80. The Bertz CT molecular complexity index is 401. The van der Waals surface area contributed by atoms with E-state index in [2.05, 4.69) is 42.7 Å². The fourth-order valence-electron chi connectivity index (χ4n) is 1.83. The molecular weight excluding hydrogens is 224 g/mol. The summed E-state index contributed by atoms with van der Waals surface area (Å²) in [6, 6.07) is 6.70. The van der Waals surface area contributed by atoms with Crippen LogP contribution in [0.2, 0.25) is 0 Å². The van der Waals surface area contributed by atoms with Crippen molar-refractivity contribution < 1.29 is 4.79 Å². The second-order valence-electron chi connectivity index (χ2n) is 4.92. The van der Waals surface area contributed by atoms with E-state index >= 15 is 0 Å². The van der Waals surface area contributed by atoms with Crippen LogP contribution >= 0.6 is 0 Å². The number of aryl methyl sites for hydroxylation is 3. The number of carbonyl (C=O) groups excluding carboxylic acids is 1. The van der Waals surface area contributed by atoms with E-state index in [1.165, 1.54) is 16.7 Å². The van der Waals surface area contributed by atoms with E-state index in [0.717, 1.165) is 6.42 Å². The molecule has 1 amide bonds. The smallest absolute Gasteiger partial charge is 0.220 e. The van der Waals surface area contributed by atoms with Crippen molar-refractivity contribution in [3.05, 3.63) is 34.9 Å². The fraction of sp³-hybridized carbons (Fsp3) is 0.533. The molecule has 100 valence electrons. The predicted octanol–water partition coefficient (Wildman–Crippen LogP) is 1.96. The minimum Gasteiger partial charge on any atom is -0.355 e. The summed E-state index contributed by atoms with van der Waals surface area (Å²) in [6.45, 7) is 6.92. The van der Waals surface area contributed by atoms with Gasteiger partial charge in [0.15, 0.2) is 0 Å². The highest BCUT2D eigenvalue weighted by Crippen LogP contribution is 2.12. The Balaban J connectivity index is 2.38. The molecule has 0 aliphatic rings. The standard InChI is InChI=1S/C15H24N2O/c1-11-5-6-14(12(2)9-11)7-8-15(18)17-10-13(3)16-4/h5-6,9,13,16H,7-8,10H2,1-4H3,(H,17,18). The first kappa shape index (κ1) is 14.7. The molecule has 0 saturated heterocycles. The molecule has 0 aromatic heterocycles. The minimum absolute atomic E-state index is 0.122. The van der Waals surface area contributed by atoms with Crippen LogP contribution in [0.25, 0.3) is 0 Å². The average Bonchev–Trinajstić information content (AvgIpc) is 2.34. The molecule has 2 N–H and O–H groups in total. The molecule has 1 aromatic carbocycles. The summed E-state index contributed by atoms with van der Waals surface area (Å²) >= 11 is 0. The topological polar surface area (TPSA) is 41.1 Å². The van der Waals surface area contributed by atoms with Crippen LogP contribution in [0, 0.1) is 13.8 Å². The van der Waals surface area contributed by atoms with Gasteiger partial charge in [-0.2, -0.15) is 0 Å². The zero-order valence-electron chi connectivity index (χ0n) is 11.8. The van der Waals surface area contributed by atoms with Gasteiger partial charge in [-0.3, -0.25) is 4.79 Å². The number of hydrogen-bond donors (Lipinski definition) is 2. The van der Waals surface area contributed by atoms with Gasteiger partial charge in [-0.15, -0.1) is 0 Å². The third-order valence-corrected chi connectivity index (χ3v) is 3.22. The molecule has 0 spiro atoms. The van der Waals surface area contributed by atoms with Gasteiger partial charge in [-0.25, -0.2) is 0 Å². The molecule has 3 nitrogen and oxygen atoms in total. The molecule has 1 unspecified atom stereocenters. The zero-order valence-corrected chi connectivity index (χ0v) is 11.8. The Morgan fingerprint density at radius 3 is 2.67 bits per heavy atom. The molecule has 0 heterocycles. The van der Waals surface area contributed by atoms with Gasteiger partial charge in [-0.1, -0.05) is 23.8 Å². The molecule has 0 aliphatic carbocycles. The van der Waals surface area contributed by atoms with Gasteiger partial charge in [0.2, 0.25) is 5.91 Å². The van der Waals surface area contributed by atoms with Gasteiger partial charge in [0.05, 0.1) is 0 Å². The maximum absolute atomic E-state index is 11.7. The first-order valence-electron chi connectivity index (χ1n) is 6.53. The quantitative estimate of drug-likeness (QED) is 0.808. The van der Waals surface area contributed by atoms with Crippen LogP contribution < -0.4 is 10.6 Å². The summed E-state index contributed by atoms with van der Waals surface area (Å²) in [5, 5.41) is 6.03. The molecule has 1 aromatic rings. The number of benzene rings is 1. The van der Waals surface area contributed by atoms with E-state index in [1.807, 2.05) is 14.0 Å². The average molecular weight is 248 g/mol. The normalized spacial score (nSPS) is 12.2. The van der Waals surface area contributed by atoms with E-state index in [9.17, 15) is 4.79 Å². The summed E-state index contributed by atoms with van der Waals surface area (Å²) in [5.74, 6) is 0.122. The van der Waals surface area contributed by atoms with Gasteiger partial charge in [0.1, 0.15) is 0 Å². The van der Waals surface area contributed by atoms with Crippen molar-refractivity contribution in [3.63, 3.8) is 0 Å². The molecule has 0 saturated carbocycles. The van der Waals surface area contributed by atoms with Crippen LogP contribution in [0.4, 0.5) is 0 Å². The van der Waals surface area contributed by atoms with Crippen LogP contribution in [-0.4, -0.2) is 25.5 Å². The van der Waals surface area contributed by atoms with Gasteiger partial charge in [0.25, 0.3) is 0 Å². The van der Waals surface area contributed by atoms with Crippen molar-refractivity contribution in [2.24, 2.45) is 0 Å². The summed E-state index contributed by atoms with van der Waals surface area (Å²) in [4.78, 5) is 11.7. The van der Waals surface area contributed by atoms with Crippen molar-refractivity contribution in [2.75, 3.05) is 13.6 Å². The van der Waals surface area contributed by atoms with Gasteiger partial charge in [0, 0.05) is 19.0 Å². The van der Waals surface area contributed by atoms with Gasteiger partial charge >= 0.3 is 0 Å². The third-order valence-electron chi connectivity index (χ3n) is 3.22. The highest BCUT2D eigenvalue weighted by atomic mass is 16.1. The monoisotopic (exact) mass is 248 g/mol. The Hall–Kier alpha value is -1.35. The molecule has 0 aliphatic heterocycles. The Morgan fingerprint density at radius 2 is 2.06 bits per heavy atom. The second-order valence-corrected chi connectivity index (χ2v) is 4.92. The Morgan fingerprint density at radius 1 is 1.33 bits per heavy atom. The maximum Gasteiger partial charge on any atom is 0.220 e. The van der Waals surface area contributed by atoms with E-state index < -0.39 is 0 Å². The van der Waals surface area contributed by atoms with Gasteiger partial charge < -0.3 is 10.6 Å². The van der Waals surface area contributed by atoms with Crippen LogP contribution in [-0.2, 0) is 11.2 Å². The molecule has 1 atom stereocenters. The lowest BCUT2D eigenvalue weighted by Crippen LogP contribution is -2.37. The summed E-state index contributed by atoms with van der Waals surface area (Å²) < 4.78 is 0. The van der Waals surface area contributed by atoms with Crippen molar-refractivity contribution in [2.45, 2.75) is 39.7 Å². The number of nitrogens with one attached hydrogen (secondary N) is 2. The highest BCUT2D eigenvalue weighted by molar-refractivity contribution is 5.76. The van der Waals surface area contributed by atoms with Crippen molar-refractivity contribution in [3.8, 4) is 0 Å². The van der Waals surface area contributed by atoms with E-state index in [0.29, 0.717) is 19.0 Å². The van der Waals surface area contributed by atoms with Crippen LogP contribution in [0.15, 0.2) is 18.2 Å². The number of amides is 1. The van der Waals surface area contributed by atoms with E-state index in [-0.39, 0.29) is 5.91 Å². The zero-order chi connectivity index (χ0) is 13.5. The number of carbonyl (C=O) groups is 1. The maximum atomic E-state index is 11.7. The van der Waals surface area contributed by atoms with Crippen LogP contribution in [0.5, 0.6) is 0 Å². The van der Waals surface area contributed by atoms with Crippen molar-refractivity contribution in [1.29, 1.82) is 0 Å². The number of hydrogen-bond acceptors (Lipinski definition) is 2. The summed E-state index contributed by atoms with van der Waals surface area (Å²) in [7, 11) is 1.90. The first-order chi connectivity index (χ1) is 8.52. The SMILES string of the molecule is CNC(C)CNC(=O)CCc1ccc(C)cc1C. The molecule has 0 radical (unpaired) electrons. The van der Waals surface area contributed by atoms with E-state index in [4.69, 9.17) is 0 Å². The van der Waals surface area contributed by atoms with E-state index in [1.54, 1.807) is 0 Å². The number of rotatable bonds is 6. The predicted molar refractivity (Wildman–Crippen MR) is 75.8 cm³/mol. The highest BCUT2D eigenvalue weighted by Gasteiger charge is 2.05. The third kappa shape index (κ3) is 4.88. The van der Waals surface area contributed by atoms with Crippen molar-refractivity contribution >= 4 is 5.91 Å². The molecule has 18 heavy (non-hydrogen) atoms. The lowest BCUT2D eigenvalue weighted by molar-refractivity contribution is -0.121. The Kier molecular flexibility index (Phi) is 5.86. The molecular formula is C15H24N2O. The molecule has 0 bridgehead atoms. The molecule has 3 heteroatoms. The van der Waals surface area contributed by atoms with Crippen LogP contribution in [0.1, 0.15) is 30.0 Å². The minimum atomic E-state index is 0.122. The van der Waals surface area contributed by atoms with Crippen LogP contribution in [0.3, 0.4) is 0 Å². The second kappa shape index (κ2) is 7.17. The van der Waals surface area contributed by atoms with Gasteiger partial charge in [-0.05, 0) is 45.4 Å². The van der Waals surface area contributed by atoms with Crippen molar-refractivity contribution in [1.82, 2.24) is 10.6 Å². The lowest BCUT2D eigenvalue weighted by Gasteiger charge is -2.12. The largest absolute Gasteiger partial charge is 0.355 e. The summed E-state index contributed by atoms with van der Waals surface area (Å²) in [6.07, 6.45) is 1.37. The number of likely N-dealkylation sites (N-methyl/N-ethyl adjacent to an activating group) is 1. The molecule has 1 rings (SSSR count). The Labute approximate surface area is 110 Å². The fourth-order valence-corrected chi connectivity index (χ4v) is 1.83. The lowest BCUT2D eigenvalue weighted by atomic mass is 10.0. The first-order valence-corrected chi connectivity index (χ1v) is 6.53. The molecule has 0 fully saturated rings.